The topological polar surface area (TPSA) is 64.8 Å². The van der Waals surface area contributed by atoms with Crippen LogP contribution >= 0.6 is 0 Å². The maximum Gasteiger partial charge on any atom is 0.257 e. The molecule has 1 aliphatic rings. The van der Waals surface area contributed by atoms with E-state index in [1.54, 1.807) is 23.1 Å². The number of hydrogen-bond acceptors (Lipinski definition) is 4. The van der Waals surface area contributed by atoms with Crippen LogP contribution in [0.15, 0.2) is 18.2 Å². The van der Waals surface area contributed by atoms with E-state index >= 15 is 0 Å². The number of rotatable bonds is 2. The molecule has 1 heterocycles. The number of carbonyl (C=O) groups excluding carboxylic acids is 1. The summed E-state index contributed by atoms with van der Waals surface area (Å²) in [6, 6.07) is 5.09. The minimum absolute atomic E-state index is 0.0302. The minimum atomic E-state index is -0.0302. The van der Waals surface area contributed by atoms with Crippen molar-refractivity contribution in [2.24, 2.45) is 0 Å². The van der Waals surface area contributed by atoms with Gasteiger partial charge in [-0.25, -0.2) is 0 Å². The summed E-state index contributed by atoms with van der Waals surface area (Å²) in [7, 11) is 1.54. The average molecular weight is 250 g/mol. The molecule has 0 atom stereocenters. The molecule has 0 aliphatic carbocycles. The second-order valence-electron chi connectivity index (χ2n) is 4.22. The molecule has 1 aliphatic heterocycles. The summed E-state index contributed by atoms with van der Waals surface area (Å²) in [5.41, 5.74) is 6.82. The third kappa shape index (κ3) is 2.73. The van der Waals surface area contributed by atoms with Crippen LogP contribution < -0.4 is 10.5 Å². The molecule has 5 nitrogen and oxygen atoms in total. The van der Waals surface area contributed by atoms with Crippen LogP contribution in [0.5, 0.6) is 5.75 Å². The van der Waals surface area contributed by atoms with Crippen molar-refractivity contribution >= 4 is 11.6 Å². The Balaban J connectivity index is 2.21. The van der Waals surface area contributed by atoms with Gasteiger partial charge in [-0.2, -0.15) is 0 Å². The Hall–Kier alpha value is -1.75. The van der Waals surface area contributed by atoms with E-state index in [0.29, 0.717) is 43.3 Å². The molecule has 18 heavy (non-hydrogen) atoms. The summed E-state index contributed by atoms with van der Waals surface area (Å²) in [6.45, 7) is 2.63. The molecular formula is C13H18N2O3. The van der Waals surface area contributed by atoms with Gasteiger partial charge in [0.2, 0.25) is 0 Å². The van der Waals surface area contributed by atoms with Crippen LogP contribution in [-0.2, 0) is 4.74 Å². The molecule has 2 rings (SSSR count). The van der Waals surface area contributed by atoms with Crippen LogP contribution in [-0.4, -0.2) is 44.2 Å². The highest BCUT2D eigenvalue weighted by atomic mass is 16.5. The summed E-state index contributed by atoms with van der Waals surface area (Å²) >= 11 is 0. The Labute approximate surface area is 106 Å². The molecule has 0 radical (unpaired) electrons. The molecule has 1 aromatic carbocycles. The SMILES string of the molecule is COc1cc(N)ccc1C(=O)N1CCCOCC1. The van der Waals surface area contributed by atoms with Gasteiger partial charge in [-0.15, -0.1) is 0 Å². The number of ether oxygens (including phenoxy) is 2. The van der Waals surface area contributed by atoms with Crippen LogP contribution in [0, 0.1) is 0 Å². The lowest BCUT2D eigenvalue weighted by molar-refractivity contribution is 0.0738. The van der Waals surface area contributed by atoms with E-state index in [4.69, 9.17) is 15.2 Å². The van der Waals surface area contributed by atoms with Crippen molar-refractivity contribution in [2.75, 3.05) is 39.1 Å². The Morgan fingerprint density at radius 2 is 2.22 bits per heavy atom. The lowest BCUT2D eigenvalue weighted by Crippen LogP contribution is -2.33. The van der Waals surface area contributed by atoms with E-state index in [-0.39, 0.29) is 5.91 Å². The maximum atomic E-state index is 12.4. The Morgan fingerprint density at radius 3 is 3.00 bits per heavy atom. The van der Waals surface area contributed by atoms with Crippen molar-refractivity contribution in [3.63, 3.8) is 0 Å². The molecule has 0 unspecified atom stereocenters. The van der Waals surface area contributed by atoms with Crippen LogP contribution in [0.4, 0.5) is 5.69 Å². The molecule has 1 saturated heterocycles. The first kappa shape index (κ1) is 12.7. The quantitative estimate of drug-likeness (QED) is 0.799. The molecule has 0 bridgehead atoms. The first-order valence-corrected chi connectivity index (χ1v) is 6.03. The lowest BCUT2D eigenvalue weighted by atomic mass is 10.1. The van der Waals surface area contributed by atoms with E-state index in [0.717, 1.165) is 6.42 Å². The summed E-state index contributed by atoms with van der Waals surface area (Å²) in [4.78, 5) is 14.2. The fourth-order valence-corrected chi connectivity index (χ4v) is 2.00. The molecule has 1 amide bonds. The van der Waals surface area contributed by atoms with Crippen molar-refractivity contribution in [1.82, 2.24) is 4.90 Å². The van der Waals surface area contributed by atoms with E-state index in [1.807, 2.05) is 0 Å². The number of nitrogens with zero attached hydrogens (tertiary/aromatic N) is 1. The van der Waals surface area contributed by atoms with Gasteiger partial charge in [0, 0.05) is 31.5 Å². The molecule has 98 valence electrons. The molecule has 0 spiro atoms. The third-order valence-corrected chi connectivity index (χ3v) is 2.97. The summed E-state index contributed by atoms with van der Waals surface area (Å²) in [6.07, 6.45) is 0.864. The van der Waals surface area contributed by atoms with Gasteiger partial charge in [0.05, 0.1) is 19.3 Å². The zero-order valence-electron chi connectivity index (χ0n) is 10.5. The van der Waals surface area contributed by atoms with Crippen LogP contribution in [0.1, 0.15) is 16.8 Å². The van der Waals surface area contributed by atoms with Gasteiger partial charge in [-0.1, -0.05) is 0 Å². The van der Waals surface area contributed by atoms with E-state index in [9.17, 15) is 4.79 Å². The smallest absolute Gasteiger partial charge is 0.257 e. The van der Waals surface area contributed by atoms with Crippen molar-refractivity contribution in [3.05, 3.63) is 23.8 Å². The summed E-state index contributed by atoms with van der Waals surface area (Å²) in [5, 5.41) is 0. The van der Waals surface area contributed by atoms with Crippen molar-refractivity contribution in [2.45, 2.75) is 6.42 Å². The fraction of sp³-hybridized carbons (Fsp3) is 0.462. The van der Waals surface area contributed by atoms with Crippen LogP contribution in [0.3, 0.4) is 0 Å². The molecule has 0 saturated carbocycles. The number of carbonyl (C=O) groups is 1. The monoisotopic (exact) mass is 250 g/mol. The zero-order chi connectivity index (χ0) is 13.0. The van der Waals surface area contributed by atoms with Crippen molar-refractivity contribution < 1.29 is 14.3 Å². The predicted octanol–water partition coefficient (Wildman–Crippen LogP) is 1.14. The Kier molecular flexibility index (Phi) is 4.04. The number of methoxy groups -OCH3 is 1. The van der Waals surface area contributed by atoms with Gasteiger partial charge in [-0.3, -0.25) is 4.79 Å². The first-order chi connectivity index (χ1) is 8.72. The fourth-order valence-electron chi connectivity index (χ4n) is 2.00. The number of anilines is 1. The maximum absolute atomic E-state index is 12.4. The van der Waals surface area contributed by atoms with Gasteiger partial charge in [0.15, 0.2) is 0 Å². The number of benzene rings is 1. The minimum Gasteiger partial charge on any atom is -0.496 e. The Morgan fingerprint density at radius 1 is 1.39 bits per heavy atom. The number of amides is 1. The van der Waals surface area contributed by atoms with E-state index in [1.165, 1.54) is 7.11 Å². The molecule has 0 aromatic heterocycles. The lowest BCUT2D eigenvalue weighted by Gasteiger charge is -2.20. The summed E-state index contributed by atoms with van der Waals surface area (Å²) in [5.74, 6) is 0.488. The van der Waals surface area contributed by atoms with Crippen molar-refractivity contribution in [3.8, 4) is 5.75 Å². The van der Waals surface area contributed by atoms with Gasteiger partial charge < -0.3 is 20.1 Å². The highest BCUT2D eigenvalue weighted by Crippen LogP contribution is 2.23. The highest BCUT2D eigenvalue weighted by Gasteiger charge is 2.20. The zero-order valence-corrected chi connectivity index (χ0v) is 10.5. The van der Waals surface area contributed by atoms with Gasteiger partial charge in [-0.05, 0) is 18.6 Å². The van der Waals surface area contributed by atoms with Crippen LogP contribution in [0.25, 0.3) is 0 Å². The molecule has 5 heteroatoms. The third-order valence-electron chi connectivity index (χ3n) is 2.97. The average Bonchev–Trinajstić information content (AvgIpc) is 2.66. The molecule has 1 fully saturated rings. The molecule has 2 N–H and O–H groups in total. The van der Waals surface area contributed by atoms with Gasteiger partial charge in [0.1, 0.15) is 5.75 Å². The van der Waals surface area contributed by atoms with E-state index in [2.05, 4.69) is 0 Å². The Bertz CT molecular complexity index is 426. The second-order valence-corrected chi connectivity index (χ2v) is 4.22. The normalized spacial score (nSPS) is 16.2. The largest absolute Gasteiger partial charge is 0.496 e. The first-order valence-electron chi connectivity index (χ1n) is 6.03. The van der Waals surface area contributed by atoms with Crippen molar-refractivity contribution in [1.29, 1.82) is 0 Å². The molecule has 1 aromatic rings. The second kappa shape index (κ2) is 5.73. The van der Waals surface area contributed by atoms with E-state index < -0.39 is 0 Å². The predicted molar refractivity (Wildman–Crippen MR) is 68.7 cm³/mol. The van der Waals surface area contributed by atoms with Gasteiger partial charge in [0.25, 0.3) is 5.91 Å². The highest BCUT2D eigenvalue weighted by molar-refractivity contribution is 5.97. The number of nitrogens with two attached hydrogens (primary N) is 1. The van der Waals surface area contributed by atoms with Crippen LogP contribution in [0.2, 0.25) is 0 Å². The summed E-state index contributed by atoms with van der Waals surface area (Å²) < 4.78 is 10.6. The number of hydrogen-bond donors (Lipinski definition) is 1. The van der Waals surface area contributed by atoms with Gasteiger partial charge >= 0.3 is 0 Å². The molecular weight excluding hydrogens is 232 g/mol. The standard InChI is InChI=1S/C13H18N2O3/c1-17-12-9-10(14)3-4-11(12)13(16)15-5-2-7-18-8-6-15/h3-4,9H,2,5-8,14H2,1H3. The number of nitrogen functional groups attached to an aromatic ring is 1.